The van der Waals surface area contributed by atoms with Crippen molar-refractivity contribution >= 4 is 34.5 Å². The van der Waals surface area contributed by atoms with Crippen molar-refractivity contribution in [1.29, 1.82) is 0 Å². The largest absolute Gasteiger partial charge is 0.491 e. The summed E-state index contributed by atoms with van der Waals surface area (Å²) in [5.74, 6) is -1.02. The first kappa shape index (κ1) is 37.7. The Morgan fingerprint density at radius 2 is 1.77 bits per heavy atom. The molecule has 0 saturated carbocycles. The van der Waals surface area contributed by atoms with Gasteiger partial charge in [-0.1, -0.05) is 12.1 Å². The fourth-order valence-corrected chi connectivity index (χ4v) is 8.45. The van der Waals surface area contributed by atoms with Crippen molar-refractivity contribution in [3.63, 3.8) is 0 Å². The molecule has 1 unspecified atom stereocenters. The van der Waals surface area contributed by atoms with Crippen LogP contribution < -0.4 is 21.1 Å². The van der Waals surface area contributed by atoms with E-state index in [-0.39, 0.29) is 18.2 Å². The second-order valence-electron chi connectivity index (χ2n) is 14.9. The number of nitrogens with zero attached hydrogens (tertiary/aromatic N) is 5. The molecule has 4 aliphatic rings. The Balaban J connectivity index is 0.814. The number of hydrogen-bond acceptors (Lipinski definition) is 11. The number of pyridine rings is 1. The highest BCUT2D eigenvalue weighted by atomic mass is 19.4. The van der Waals surface area contributed by atoms with Gasteiger partial charge >= 0.3 is 11.9 Å². The summed E-state index contributed by atoms with van der Waals surface area (Å²) in [5.41, 5.74) is 4.95. The van der Waals surface area contributed by atoms with Crippen LogP contribution in [-0.2, 0) is 22.6 Å². The molecule has 3 atom stereocenters. The zero-order valence-electron chi connectivity index (χ0n) is 30.9. The van der Waals surface area contributed by atoms with E-state index in [9.17, 15) is 32.3 Å². The van der Waals surface area contributed by atoms with E-state index in [1.807, 2.05) is 12.1 Å². The number of fused-ring (bicyclic) bond motifs is 4. The SMILES string of the molecule is C[C@@H]1Cc2c(ccc3[nH]c(=O)oc23)[C@@H](c2ccc(OCCN3CCN(CCNc4cccc5c4CN(C4CCC(=O)NC4=O)C5=O)CC3)cn2)N1CC(F)(F)F. The molecule has 56 heavy (non-hydrogen) atoms. The van der Waals surface area contributed by atoms with E-state index < -0.39 is 42.5 Å². The Morgan fingerprint density at radius 1 is 0.982 bits per heavy atom. The van der Waals surface area contributed by atoms with Gasteiger partial charge < -0.3 is 19.4 Å². The predicted octanol–water partition coefficient (Wildman–Crippen LogP) is 3.28. The molecule has 0 spiro atoms. The fourth-order valence-electron chi connectivity index (χ4n) is 8.45. The van der Waals surface area contributed by atoms with Gasteiger partial charge in [0.2, 0.25) is 11.8 Å². The van der Waals surface area contributed by atoms with Gasteiger partial charge in [0.05, 0.1) is 30.0 Å². The standard InChI is InChI=1S/C39H43F3N8O6/c1-23-19-27-25(6-8-31-35(27)56-38(54)45-31)34(50(23)22-39(40,41)42)30-7-5-24(20-44-30)55-18-17-48-15-13-47(14-16-48)12-11-43-29-4-2-3-26-28(29)21-49(37(26)53)32-9-10-33(51)46-36(32)52/h2-8,20,23,32,34,43H,9-19,21-22H2,1H3,(H,45,54)(H,46,51,52)/t23-,32?,34+/m1/s1. The molecule has 2 aromatic carbocycles. The first-order valence-corrected chi connectivity index (χ1v) is 18.9. The Bertz CT molecular complexity index is 2180. The molecular formula is C39H43F3N8O6. The van der Waals surface area contributed by atoms with Crippen LogP contribution in [0.3, 0.4) is 0 Å². The number of ether oxygens (including phenoxy) is 1. The number of amides is 3. The predicted molar refractivity (Wildman–Crippen MR) is 198 cm³/mol. The molecule has 296 valence electrons. The topological polar surface area (TPSA) is 156 Å². The lowest BCUT2D eigenvalue weighted by Crippen LogP contribution is -2.52. The third-order valence-electron chi connectivity index (χ3n) is 11.3. The van der Waals surface area contributed by atoms with E-state index in [0.29, 0.717) is 78.3 Å². The number of nitrogens with one attached hydrogen (secondary N) is 3. The molecule has 2 fully saturated rings. The third kappa shape index (κ3) is 7.75. The summed E-state index contributed by atoms with van der Waals surface area (Å²) in [4.78, 5) is 64.0. The number of aromatic nitrogens is 2. The van der Waals surface area contributed by atoms with Gasteiger partial charge in [0, 0.05) is 87.2 Å². The van der Waals surface area contributed by atoms with Crippen molar-refractivity contribution in [2.24, 2.45) is 0 Å². The van der Waals surface area contributed by atoms with Gasteiger partial charge in [-0.25, -0.2) is 4.79 Å². The molecule has 3 N–H and O–H groups in total. The van der Waals surface area contributed by atoms with Crippen LogP contribution in [0.4, 0.5) is 18.9 Å². The van der Waals surface area contributed by atoms with Crippen LogP contribution in [0.15, 0.2) is 57.9 Å². The lowest BCUT2D eigenvalue weighted by molar-refractivity contribution is -0.155. The van der Waals surface area contributed by atoms with E-state index in [2.05, 4.69) is 30.4 Å². The first-order valence-electron chi connectivity index (χ1n) is 18.9. The van der Waals surface area contributed by atoms with Crippen LogP contribution in [0.1, 0.15) is 58.5 Å². The van der Waals surface area contributed by atoms with Crippen molar-refractivity contribution in [3.8, 4) is 5.75 Å². The number of aromatic amines is 1. The first-order chi connectivity index (χ1) is 26.9. The third-order valence-corrected chi connectivity index (χ3v) is 11.3. The number of imide groups is 1. The van der Waals surface area contributed by atoms with Crippen molar-refractivity contribution in [2.75, 3.05) is 64.3 Å². The Kier molecular flexibility index (Phi) is 10.3. The molecule has 3 amide bonds. The summed E-state index contributed by atoms with van der Waals surface area (Å²) in [6.45, 7) is 7.03. The summed E-state index contributed by atoms with van der Waals surface area (Å²) in [7, 11) is 0. The van der Waals surface area contributed by atoms with Crippen LogP contribution in [0, 0.1) is 0 Å². The molecule has 8 rings (SSSR count). The summed E-state index contributed by atoms with van der Waals surface area (Å²) in [6.07, 6.45) is -2.05. The van der Waals surface area contributed by atoms with Gasteiger partial charge in [0.25, 0.3) is 5.91 Å². The number of oxazole rings is 1. The number of alkyl halides is 3. The molecule has 6 heterocycles. The molecular weight excluding hydrogens is 733 g/mol. The highest BCUT2D eigenvalue weighted by molar-refractivity contribution is 6.06. The zero-order valence-corrected chi connectivity index (χ0v) is 30.9. The van der Waals surface area contributed by atoms with E-state index in [1.54, 1.807) is 48.4 Å². The average molecular weight is 777 g/mol. The minimum atomic E-state index is -4.42. The van der Waals surface area contributed by atoms with E-state index in [1.165, 1.54) is 4.90 Å². The molecule has 0 aliphatic carbocycles. The van der Waals surface area contributed by atoms with Gasteiger partial charge in [-0.15, -0.1) is 0 Å². The van der Waals surface area contributed by atoms with Crippen molar-refractivity contribution in [1.82, 2.24) is 34.9 Å². The second kappa shape index (κ2) is 15.3. The number of anilines is 1. The molecule has 14 nitrogen and oxygen atoms in total. The maximum atomic E-state index is 13.8. The molecule has 2 aromatic heterocycles. The van der Waals surface area contributed by atoms with Crippen molar-refractivity contribution in [2.45, 2.75) is 57.0 Å². The van der Waals surface area contributed by atoms with Gasteiger partial charge in [-0.3, -0.25) is 44.4 Å². The molecule has 0 radical (unpaired) electrons. The van der Waals surface area contributed by atoms with Gasteiger partial charge in [0.1, 0.15) is 18.4 Å². The maximum absolute atomic E-state index is 13.8. The molecule has 0 bridgehead atoms. The number of benzene rings is 2. The monoisotopic (exact) mass is 776 g/mol. The van der Waals surface area contributed by atoms with Crippen molar-refractivity contribution < 1.29 is 36.7 Å². The van der Waals surface area contributed by atoms with Gasteiger partial charge in [-0.05, 0) is 55.7 Å². The Hall–Kier alpha value is -5.26. The van der Waals surface area contributed by atoms with Gasteiger partial charge in [0.15, 0.2) is 5.58 Å². The summed E-state index contributed by atoms with van der Waals surface area (Å²) >= 11 is 0. The number of carbonyl (C=O) groups is 3. The minimum absolute atomic E-state index is 0.195. The number of H-pyrrole nitrogens is 1. The lowest BCUT2D eigenvalue weighted by atomic mass is 9.86. The highest BCUT2D eigenvalue weighted by Crippen LogP contribution is 2.41. The Labute approximate surface area is 319 Å². The summed E-state index contributed by atoms with van der Waals surface area (Å²) in [5, 5.41) is 5.83. The lowest BCUT2D eigenvalue weighted by Gasteiger charge is -2.41. The molecule has 17 heteroatoms. The van der Waals surface area contributed by atoms with Crippen LogP contribution in [-0.4, -0.2) is 125 Å². The number of rotatable bonds is 11. The fraction of sp³-hybridized carbons (Fsp3) is 0.462. The van der Waals surface area contributed by atoms with Crippen LogP contribution in [0.5, 0.6) is 5.75 Å². The molecule has 4 aliphatic heterocycles. The number of piperazine rings is 1. The highest BCUT2D eigenvalue weighted by Gasteiger charge is 2.43. The quantitative estimate of drug-likeness (QED) is 0.192. The summed E-state index contributed by atoms with van der Waals surface area (Å²) in [6, 6.07) is 10.4. The molecule has 4 aromatic rings. The average Bonchev–Trinajstić information content (AvgIpc) is 3.72. The van der Waals surface area contributed by atoms with E-state index in [4.69, 9.17) is 9.15 Å². The number of carbonyl (C=O) groups excluding carboxylic acids is 3. The van der Waals surface area contributed by atoms with E-state index in [0.717, 1.165) is 44.0 Å². The normalized spacial score (nSPS) is 22.3. The van der Waals surface area contributed by atoms with Gasteiger partial charge in [-0.2, -0.15) is 13.2 Å². The number of piperidine rings is 1. The van der Waals surface area contributed by atoms with Crippen LogP contribution in [0.2, 0.25) is 0 Å². The maximum Gasteiger partial charge on any atom is 0.417 e. The Morgan fingerprint density at radius 3 is 2.50 bits per heavy atom. The van der Waals surface area contributed by atoms with Crippen LogP contribution >= 0.6 is 0 Å². The smallest absolute Gasteiger partial charge is 0.417 e. The van der Waals surface area contributed by atoms with Crippen molar-refractivity contribution in [3.05, 3.63) is 87.2 Å². The van der Waals surface area contributed by atoms with E-state index >= 15 is 0 Å². The summed E-state index contributed by atoms with van der Waals surface area (Å²) < 4.78 is 52.7. The number of hydrogen-bond donors (Lipinski definition) is 3. The minimum Gasteiger partial charge on any atom is -0.491 e. The molecule has 2 saturated heterocycles. The van der Waals surface area contributed by atoms with Crippen LogP contribution in [0.25, 0.3) is 11.1 Å². The zero-order chi connectivity index (χ0) is 39.1. The second-order valence-corrected chi connectivity index (χ2v) is 14.9. The number of halogens is 3.